The summed E-state index contributed by atoms with van der Waals surface area (Å²) in [5.41, 5.74) is 5.68. The summed E-state index contributed by atoms with van der Waals surface area (Å²) in [5, 5.41) is 0.627. The molecule has 0 radical (unpaired) electrons. The smallest absolute Gasteiger partial charge is 0.228 e. The maximum atomic E-state index is 11.8. The number of carbonyl (C=O) groups excluding carboxylic acids is 1. The van der Waals surface area contributed by atoms with Crippen molar-refractivity contribution in [2.75, 3.05) is 14.2 Å². The second-order valence-electron chi connectivity index (χ2n) is 4.63. The minimum atomic E-state index is -0.726. The Morgan fingerprint density at radius 1 is 1.22 bits per heavy atom. The van der Waals surface area contributed by atoms with Gasteiger partial charge in [0.1, 0.15) is 0 Å². The maximum absolute atomic E-state index is 11.8. The van der Waals surface area contributed by atoms with Crippen LogP contribution in [0.5, 0.6) is 0 Å². The first-order chi connectivity index (χ1) is 8.48. The monoisotopic (exact) mass is 269 g/mol. The highest BCUT2D eigenvalue weighted by atomic mass is 35.5. The van der Waals surface area contributed by atoms with Gasteiger partial charge < -0.3 is 15.2 Å². The second kappa shape index (κ2) is 4.53. The summed E-state index contributed by atoms with van der Waals surface area (Å²) < 4.78 is 10.6. The molecule has 0 bridgehead atoms. The van der Waals surface area contributed by atoms with E-state index in [1.165, 1.54) is 0 Å². The third kappa shape index (κ3) is 1.90. The molecule has 18 heavy (non-hydrogen) atoms. The molecule has 1 aliphatic carbocycles. The molecule has 0 heterocycles. The maximum Gasteiger partial charge on any atom is 0.228 e. The zero-order valence-electron chi connectivity index (χ0n) is 10.4. The molecule has 1 saturated carbocycles. The lowest BCUT2D eigenvalue weighted by atomic mass is 9.60. The number of primary amides is 1. The van der Waals surface area contributed by atoms with Crippen LogP contribution in [0, 0.1) is 0 Å². The van der Waals surface area contributed by atoms with Gasteiger partial charge in [-0.3, -0.25) is 4.79 Å². The average Bonchev–Trinajstić information content (AvgIpc) is 2.31. The summed E-state index contributed by atoms with van der Waals surface area (Å²) in [6, 6.07) is 7.15. The number of rotatable bonds is 4. The van der Waals surface area contributed by atoms with Crippen LogP contribution in [0.3, 0.4) is 0 Å². The van der Waals surface area contributed by atoms with Gasteiger partial charge in [-0.15, -0.1) is 0 Å². The van der Waals surface area contributed by atoms with Crippen molar-refractivity contribution in [1.82, 2.24) is 0 Å². The molecular formula is C13H16ClNO3. The normalized spacial score (nSPS) is 20.2. The van der Waals surface area contributed by atoms with Crippen molar-refractivity contribution in [3.63, 3.8) is 0 Å². The molecule has 2 rings (SSSR count). The lowest BCUT2D eigenvalue weighted by Gasteiger charge is -2.52. The average molecular weight is 270 g/mol. The van der Waals surface area contributed by atoms with Crippen molar-refractivity contribution in [1.29, 1.82) is 0 Å². The van der Waals surface area contributed by atoms with E-state index in [0.717, 1.165) is 5.56 Å². The lowest BCUT2D eigenvalue weighted by molar-refractivity contribution is -0.274. The molecular weight excluding hydrogens is 254 g/mol. The van der Waals surface area contributed by atoms with Crippen molar-refractivity contribution in [2.24, 2.45) is 5.73 Å². The number of hydrogen-bond acceptors (Lipinski definition) is 3. The first kappa shape index (κ1) is 13.3. The SMILES string of the molecule is COC1(OC)CC(C(N)=O)(c2ccc(Cl)cc2)C1. The van der Waals surface area contributed by atoms with Gasteiger partial charge in [-0.2, -0.15) is 0 Å². The van der Waals surface area contributed by atoms with Crippen LogP contribution >= 0.6 is 11.6 Å². The Morgan fingerprint density at radius 2 is 1.72 bits per heavy atom. The van der Waals surface area contributed by atoms with Crippen molar-refractivity contribution in [3.05, 3.63) is 34.9 Å². The number of nitrogens with two attached hydrogens (primary N) is 1. The summed E-state index contributed by atoms with van der Waals surface area (Å²) in [6.45, 7) is 0. The Hall–Kier alpha value is -1.10. The molecule has 5 heteroatoms. The molecule has 0 saturated heterocycles. The fourth-order valence-corrected chi connectivity index (χ4v) is 2.66. The molecule has 1 aliphatic rings. The van der Waals surface area contributed by atoms with Gasteiger partial charge >= 0.3 is 0 Å². The molecule has 1 fully saturated rings. The van der Waals surface area contributed by atoms with E-state index in [1.807, 2.05) is 12.1 Å². The molecule has 1 aromatic carbocycles. The highest BCUT2D eigenvalue weighted by Gasteiger charge is 2.60. The molecule has 1 aromatic rings. The number of carbonyl (C=O) groups is 1. The van der Waals surface area contributed by atoms with Crippen molar-refractivity contribution < 1.29 is 14.3 Å². The van der Waals surface area contributed by atoms with Crippen LogP contribution in [-0.4, -0.2) is 25.9 Å². The first-order valence-electron chi connectivity index (χ1n) is 5.64. The van der Waals surface area contributed by atoms with E-state index in [4.69, 9.17) is 26.8 Å². The van der Waals surface area contributed by atoms with E-state index in [-0.39, 0.29) is 5.91 Å². The Balaban J connectivity index is 2.32. The summed E-state index contributed by atoms with van der Waals surface area (Å²) in [4.78, 5) is 11.8. The zero-order chi connectivity index (χ0) is 13.4. The highest BCUT2D eigenvalue weighted by Crippen LogP contribution is 2.52. The minimum absolute atomic E-state index is 0.366. The van der Waals surface area contributed by atoms with E-state index in [2.05, 4.69) is 0 Å². The van der Waals surface area contributed by atoms with Gasteiger partial charge in [-0.25, -0.2) is 0 Å². The molecule has 4 nitrogen and oxygen atoms in total. The van der Waals surface area contributed by atoms with Gasteiger partial charge in [0.05, 0.1) is 5.41 Å². The van der Waals surface area contributed by atoms with Crippen LogP contribution in [0.2, 0.25) is 5.02 Å². The largest absolute Gasteiger partial charge is 0.369 e. The van der Waals surface area contributed by atoms with E-state index < -0.39 is 11.2 Å². The summed E-state index contributed by atoms with van der Waals surface area (Å²) >= 11 is 5.85. The van der Waals surface area contributed by atoms with Crippen LogP contribution < -0.4 is 5.73 Å². The molecule has 0 aliphatic heterocycles. The molecule has 0 spiro atoms. The number of methoxy groups -OCH3 is 2. The molecule has 0 unspecified atom stereocenters. The Labute approximate surface area is 111 Å². The fourth-order valence-electron chi connectivity index (χ4n) is 2.53. The number of ether oxygens (including phenoxy) is 2. The summed E-state index contributed by atoms with van der Waals surface area (Å²) in [7, 11) is 3.13. The fraction of sp³-hybridized carbons (Fsp3) is 0.462. The van der Waals surface area contributed by atoms with E-state index in [0.29, 0.717) is 17.9 Å². The predicted octanol–water partition coefficient (Wildman–Crippen LogP) is 1.85. The molecule has 0 aromatic heterocycles. The topological polar surface area (TPSA) is 61.6 Å². The summed E-state index contributed by atoms with van der Waals surface area (Å²) in [6.07, 6.45) is 0.841. The lowest BCUT2D eigenvalue weighted by Crippen LogP contribution is -2.62. The van der Waals surface area contributed by atoms with E-state index in [9.17, 15) is 4.79 Å². The van der Waals surface area contributed by atoms with Crippen LogP contribution in [0.1, 0.15) is 18.4 Å². The molecule has 98 valence electrons. The number of benzene rings is 1. The minimum Gasteiger partial charge on any atom is -0.369 e. The first-order valence-corrected chi connectivity index (χ1v) is 6.02. The molecule has 1 amide bonds. The van der Waals surface area contributed by atoms with Crippen molar-refractivity contribution in [2.45, 2.75) is 24.0 Å². The zero-order valence-corrected chi connectivity index (χ0v) is 11.2. The van der Waals surface area contributed by atoms with Gasteiger partial charge in [-0.1, -0.05) is 23.7 Å². The second-order valence-corrected chi connectivity index (χ2v) is 5.06. The van der Waals surface area contributed by atoms with Gasteiger partial charge in [0.2, 0.25) is 5.91 Å². The number of amides is 1. The quantitative estimate of drug-likeness (QED) is 0.849. The standard InChI is InChI=1S/C13H16ClNO3/c1-17-13(18-2)7-12(8-13,11(15)16)9-3-5-10(14)6-4-9/h3-6H,7-8H2,1-2H3,(H2,15,16). The number of halogens is 1. The third-order valence-electron chi connectivity index (χ3n) is 3.75. The van der Waals surface area contributed by atoms with Gasteiger partial charge in [0, 0.05) is 32.1 Å². The Bertz CT molecular complexity index is 446. The van der Waals surface area contributed by atoms with E-state index >= 15 is 0 Å². The van der Waals surface area contributed by atoms with Gasteiger partial charge in [0.15, 0.2) is 5.79 Å². The van der Waals surface area contributed by atoms with Gasteiger partial charge in [0.25, 0.3) is 0 Å². The summed E-state index contributed by atoms with van der Waals surface area (Å²) in [5.74, 6) is -1.08. The highest BCUT2D eigenvalue weighted by molar-refractivity contribution is 6.30. The predicted molar refractivity (Wildman–Crippen MR) is 68.3 cm³/mol. The number of hydrogen-bond donors (Lipinski definition) is 1. The van der Waals surface area contributed by atoms with Gasteiger partial charge in [-0.05, 0) is 17.7 Å². The molecule has 0 atom stereocenters. The van der Waals surface area contributed by atoms with Crippen LogP contribution in [0.15, 0.2) is 24.3 Å². The van der Waals surface area contributed by atoms with Crippen LogP contribution in [0.4, 0.5) is 0 Å². The van der Waals surface area contributed by atoms with E-state index in [1.54, 1.807) is 26.4 Å². The molecule has 2 N–H and O–H groups in total. The Morgan fingerprint density at radius 3 is 2.11 bits per heavy atom. The van der Waals surface area contributed by atoms with Crippen LogP contribution in [-0.2, 0) is 19.7 Å². The third-order valence-corrected chi connectivity index (χ3v) is 4.01. The van der Waals surface area contributed by atoms with Crippen molar-refractivity contribution in [3.8, 4) is 0 Å². The van der Waals surface area contributed by atoms with Crippen LogP contribution in [0.25, 0.3) is 0 Å². The van der Waals surface area contributed by atoms with Crippen molar-refractivity contribution >= 4 is 17.5 Å². The Kier molecular flexibility index (Phi) is 3.36.